The first-order valence-corrected chi connectivity index (χ1v) is 19.2. The molecule has 0 aliphatic heterocycles. The van der Waals surface area contributed by atoms with Gasteiger partial charge in [0, 0.05) is 33.3 Å². The summed E-state index contributed by atoms with van der Waals surface area (Å²) in [5.41, 5.74) is 16.0. The Balaban J connectivity index is 1.33. The van der Waals surface area contributed by atoms with Gasteiger partial charge in [-0.2, -0.15) is 0 Å². The van der Waals surface area contributed by atoms with Crippen molar-refractivity contribution in [1.29, 1.82) is 0 Å². The Hall–Kier alpha value is -7.42. The number of rotatable bonds is 8. The highest BCUT2D eigenvalue weighted by Gasteiger charge is 2.24. The molecule has 0 radical (unpaired) electrons. The van der Waals surface area contributed by atoms with Crippen LogP contribution in [0.25, 0.3) is 72.0 Å². The fourth-order valence-electron chi connectivity index (χ4n) is 8.14. The van der Waals surface area contributed by atoms with Crippen LogP contribution in [0.5, 0.6) is 0 Å². The molecule has 0 N–H and O–H groups in total. The quantitative estimate of drug-likeness (QED) is 0.152. The lowest BCUT2D eigenvalue weighted by molar-refractivity contribution is 1.18. The number of fused-ring (bicyclic) bond motifs is 3. The maximum Gasteiger partial charge on any atom is 0.0561 e. The fraction of sp³-hybridized carbons (Fsp3) is 0. The van der Waals surface area contributed by atoms with Crippen LogP contribution in [-0.4, -0.2) is 4.57 Å². The van der Waals surface area contributed by atoms with Crippen molar-refractivity contribution in [3.8, 4) is 50.2 Å². The van der Waals surface area contributed by atoms with Crippen LogP contribution in [0.4, 0.5) is 17.1 Å². The minimum atomic E-state index is 1.07. The van der Waals surface area contributed by atoms with Gasteiger partial charge in [0.2, 0.25) is 0 Å². The molecule has 0 aliphatic rings. The van der Waals surface area contributed by atoms with Gasteiger partial charge in [-0.05, 0) is 75.8 Å². The lowest BCUT2D eigenvalue weighted by Gasteiger charge is -2.31. The third kappa shape index (κ3) is 6.04. The lowest BCUT2D eigenvalue weighted by Crippen LogP contribution is -2.13. The van der Waals surface area contributed by atoms with E-state index in [1.165, 1.54) is 27.4 Å². The summed E-state index contributed by atoms with van der Waals surface area (Å²) in [6, 6.07) is 83.3. The first kappa shape index (κ1) is 33.2. The molecule has 0 bridgehead atoms. The molecule has 0 saturated carbocycles. The standard InChI is InChI=1S/C54H38N2/c1-6-18-39(19-7-1)43-30-33-47(41-22-10-3-11-23-41)52(36-43)56(53-37-44(40-20-8-2-9-21-40)31-34-48(53)42-24-12-4-13-25-42)46-32-35-50-49-28-16-17-29-51(49)55(54(50)38-46)45-26-14-5-15-27-45/h1-38H. The van der Waals surface area contributed by atoms with Gasteiger partial charge in [0.25, 0.3) is 0 Å². The van der Waals surface area contributed by atoms with Crippen LogP contribution in [-0.2, 0) is 0 Å². The van der Waals surface area contributed by atoms with Crippen LogP contribution in [0.3, 0.4) is 0 Å². The van der Waals surface area contributed by atoms with E-state index in [9.17, 15) is 0 Å². The van der Waals surface area contributed by atoms with E-state index < -0.39 is 0 Å². The van der Waals surface area contributed by atoms with Gasteiger partial charge in [-0.3, -0.25) is 0 Å². The Morgan fingerprint density at radius 2 is 0.714 bits per heavy atom. The second-order valence-electron chi connectivity index (χ2n) is 14.2. The highest BCUT2D eigenvalue weighted by molar-refractivity contribution is 6.11. The molecule has 56 heavy (non-hydrogen) atoms. The minimum Gasteiger partial charge on any atom is -0.309 e. The first-order valence-electron chi connectivity index (χ1n) is 19.2. The third-order valence-electron chi connectivity index (χ3n) is 10.8. The number of anilines is 3. The zero-order valence-corrected chi connectivity index (χ0v) is 30.8. The van der Waals surface area contributed by atoms with Crippen molar-refractivity contribution < 1.29 is 0 Å². The molecule has 9 aromatic carbocycles. The average molecular weight is 715 g/mol. The van der Waals surface area contributed by atoms with Crippen LogP contribution < -0.4 is 4.90 Å². The van der Waals surface area contributed by atoms with E-state index in [-0.39, 0.29) is 0 Å². The molecular formula is C54H38N2. The Labute approximate surface area is 327 Å². The lowest BCUT2D eigenvalue weighted by atomic mass is 9.94. The van der Waals surface area contributed by atoms with Crippen LogP contribution in [0.2, 0.25) is 0 Å². The van der Waals surface area contributed by atoms with Crippen molar-refractivity contribution in [2.75, 3.05) is 4.90 Å². The van der Waals surface area contributed by atoms with Gasteiger partial charge < -0.3 is 9.47 Å². The molecule has 1 aromatic heterocycles. The Morgan fingerprint density at radius 3 is 1.23 bits per heavy atom. The van der Waals surface area contributed by atoms with Gasteiger partial charge in [-0.15, -0.1) is 0 Å². The molecule has 0 unspecified atom stereocenters. The van der Waals surface area contributed by atoms with Crippen LogP contribution in [0.1, 0.15) is 0 Å². The van der Waals surface area contributed by atoms with Gasteiger partial charge in [-0.1, -0.05) is 188 Å². The second-order valence-corrected chi connectivity index (χ2v) is 14.2. The molecule has 264 valence electrons. The number of para-hydroxylation sites is 2. The smallest absolute Gasteiger partial charge is 0.0561 e. The molecule has 0 amide bonds. The van der Waals surface area contributed by atoms with Crippen molar-refractivity contribution >= 4 is 38.9 Å². The number of nitrogens with zero attached hydrogens (tertiary/aromatic N) is 2. The topological polar surface area (TPSA) is 8.17 Å². The Kier molecular flexibility index (Phi) is 8.55. The highest BCUT2D eigenvalue weighted by atomic mass is 15.2. The Bertz CT molecular complexity index is 2810. The van der Waals surface area contributed by atoms with E-state index >= 15 is 0 Å². The summed E-state index contributed by atoms with van der Waals surface area (Å²) >= 11 is 0. The molecule has 0 atom stereocenters. The zero-order chi connectivity index (χ0) is 37.3. The maximum absolute atomic E-state index is 2.50. The summed E-state index contributed by atoms with van der Waals surface area (Å²) < 4.78 is 2.41. The summed E-state index contributed by atoms with van der Waals surface area (Å²) in [4.78, 5) is 2.50. The molecule has 2 nitrogen and oxygen atoms in total. The van der Waals surface area contributed by atoms with E-state index in [1.807, 2.05) is 0 Å². The number of hydrogen-bond donors (Lipinski definition) is 0. The van der Waals surface area contributed by atoms with Gasteiger partial charge in [0.1, 0.15) is 0 Å². The van der Waals surface area contributed by atoms with E-state index in [4.69, 9.17) is 0 Å². The first-order chi connectivity index (χ1) is 27.8. The van der Waals surface area contributed by atoms with Crippen molar-refractivity contribution in [1.82, 2.24) is 4.57 Å². The monoisotopic (exact) mass is 714 g/mol. The van der Waals surface area contributed by atoms with Crippen molar-refractivity contribution in [2.45, 2.75) is 0 Å². The molecule has 10 rings (SSSR count). The van der Waals surface area contributed by atoms with Gasteiger partial charge >= 0.3 is 0 Å². The molecule has 0 fully saturated rings. The summed E-state index contributed by atoms with van der Waals surface area (Å²) in [5, 5.41) is 2.45. The highest BCUT2D eigenvalue weighted by Crippen LogP contribution is 2.48. The van der Waals surface area contributed by atoms with Crippen LogP contribution >= 0.6 is 0 Å². The van der Waals surface area contributed by atoms with E-state index in [0.29, 0.717) is 0 Å². The van der Waals surface area contributed by atoms with Crippen molar-refractivity contribution in [2.24, 2.45) is 0 Å². The summed E-state index contributed by atoms with van der Waals surface area (Å²) in [6.45, 7) is 0. The molecule has 0 aliphatic carbocycles. The fourth-order valence-corrected chi connectivity index (χ4v) is 8.14. The zero-order valence-electron chi connectivity index (χ0n) is 30.8. The van der Waals surface area contributed by atoms with Gasteiger partial charge in [0.15, 0.2) is 0 Å². The Morgan fingerprint density at radius 1 is 0.286 bits per heavy atom. The third-order valence-corrected chi connectivity index (χ3v) is 10.8. The van der Waals surface area contributed by atoms with E-state index in [0.717, 1.165) is 61.6 Å². The average Bonchev–Trinajstić information content (AvgIpc) is 3.61. The van der Waals surface area contributed by atoms with Crippen molar-refractivity contribution in [3.63, 3.8) is 0 Å². The molecular weight excluding hydrogens is 677 g/mol. The minimum absolute atomic E-state index is 1.07. The summed E-state index contributed by atoms with van der Waals surface area (Å²) in [6.07, 6.45) is 0. The van der Waals surface area contributed by atoms with Crippen LogP contribution in [0, 0.1) is 0 Å². The summed E-state index contributed by atoms with van der Waals surface area (Å²) in [7, 11) is 0. The van der Waals surface area contributed by atoms with Gasteiger partial charge in [0.05, 0.1) is 22.4 Å². The molecule has 1 heterocycles. The second kappa shape index (κ2) is 14.4. The number of aromatic nitrogens is 1. The number of benzene rings is 9. The van der Waals surface area contributed by atoms with Crippen molar-refractivity contribution in [3.05, 3.63) is 231 Å². The molecule has 2 heteroatoms. The van der Waals surface area contributed by atoms with E-state index in [1.54, 1.807) is 0 Å². The summed E-state index contributed by atoms with van der Waals surface area (Å²) in [5.74, 6) is 0. The molecule has 0 saturated heterocycles. The largest absolute Gasteiger partial charge is 0.309 e. The SMILES string of the molecule is c1ccc(-c2ccc(-c3ccccc3)c(N(c3ccc4c5ccccc5n(-c5ccccc5)c4c3)c3cc(-c4ccccc4)ccc3-c3ccccc3)c2)cc1. The predicted molar refractivity (Wildman–Crippen MR) is 237 cm³/mol. The maximum atomic E-state index is 2.50. The van der Waals surface area contributed by atoms with Gasteiger partial charge in [-0.25, -0.2) is 0 Å². The van der Waals surface area contributed by atoms with E-state index in [2.05, 4.69) is 240 Å². The molecule has 10 aromatic rings. The predicted octanol–water partition coefficient (Wildman–Crippen LogP) is 14.9. The molecule has 0 spiro atoms. The number of hydrogen-bond acceptors (Lipinski definition) is 1. The van der Waals surface area contributed by atoms with Crippen LogP contribution in [0.15, 0.2) is 231 Å². The normalized spacial score (nSPS) is 11.2.